The maximum atomic E-state index is 12.7. The first-order chi connectivity index (χ1) is 15.0. The predicted molar refractivity (Wildman–Crippen MR) is 111 cm³/mol. The van der Waals surface area contributed by atoms with Crippen molar-refractivity contribution in [2.24, 2.45) is 5.92 Å². The SMILES string of the molecule is O=C(NCC(F)(F)F)C1CCN(C(=O)c2ccc(NS(=O)(=O)c3ccccc3)cc2)CC1. The van der Waals surface area contributed by atoms with E-state index in [1.54, 1.807) is 18.2 Å². The monoisotopic (exact) mass is 469 g/mol. The number of hydrogen-bond donors (Lipinski definition) is 2. The fraction of sp³-hybridized carbons (Fsp3) is 0.333. The number of anilines is 1. The molecule has 0 saturated carbocycles. The fourth-order valence-corrected chi connectivity index (χ4v) is 4.43. The number of rotatable bonds is 6. The Balaban J connectivity index is 1.55. The van der Waals surface area contributed by atoms with E-state index >= 15 is 0 Å². The van der Waals surface area contributed by atoms with E-state index in [0.29, 0.717) is 11.3 Å². The number of carbonyl (C=O) groups excluding carboxylic acids is 2. The van der Waals surface area contributed by atoms with Gasteiger partial charge in [-0.05, 0) is 49.2 Å². The van der Waals surface area contributed by atoms with Crippen LogP contribution in [-0.2, 0) is 14.8 Å². The van der Waals surface area contributed by atoms with Gasteiger partial charge in [0, 0.05) is 30.3 Å². The smallest absolute Gasteiger partial charge is 0.347 e. The van der Waals surface area contributed by atoms with Gasteiger partial charge in [-0.15, -0.1) is 0 Å². The van der Waals surface area contributed by atoms with Gasteiger partial charge in [-0.25, -0.2) is 8.42 Å². The van der Waals surface area contributed by atoms with Crippen LogP contribution in [0.3, 0.4) is 0 Å². The molecule has 32 heavy (non-hydrogen) atoms. The number of piperidine rings is 1. The molecule has 7 nitrogen and oxygen atoms in total. The van der Waals surface area contributed by atoms with Crippen molar-refractivity contribution in [3.05, 3.63) is 60.2 Å². The molecular formula is C21H22F3N3O4S. The first-order valence-electron chi connectivity index (χ1n) is 9.87. The van der Waals surface area contributed by atoms with E-state index < -0.39 is 34.6 Å². The van der Waals surface area contributed by atoms with Crippen molar-refractivity contribution in [2.75, 3.05) is 24.4 Å². The zero-order chi connectivity index (χ0) is 23.4. The Labute approximate surface area is 183 Å². The summed E-state index contributed by atoms with van der Waals surface area (Å²) < 4.78 is 63.9. The third kappa shape index (κ3) is 6.22. The first kappa shape index (κ1) is 23.6. The lowest BCUT2D eigenvalue weighted by Gasteiger charge is -2.31. The molecule has 2 N–H and O–H groups in total. The summed E-state index contributed by atoms with van der Waals surface area (Å²) in [6.45, 7) is -0.887. The normalized spacial score (nSPS) is 15.3. The number of carbonyl (C=O) groups is 2. The largest absolute Gasteiger partial charge is 0.405 e. The van der Waals surface area contributed by atoms with Crippen LogP contribution in [0, 0.1) is 5.92 Å². The molecule has 3 rings (SSSR count). The van der Waals surface area contributed by atoms with E-state index in [0.717, 1.165) is 0 Å². The Morgan fingerprint density at radius 1 is 0.969 bits per heavy atom. The Bertz CT molecular complexity index is 1050. The van der Waals surface area contributed by atoms with Gasteiger partial charge >= 0.3 is 6.18 Å². The van der Waals surface area contributed by atoms with Crippen molar-refractivity contribution >= 4 is 27.5 Å². The molecule has 0 spiro atoms. The lowest BCUT2D eigenvalue weighted by molar-refractivity contribution is -0.141. The highest BCUT2D eigenvalue weighted by Crippen LogP contribution is 2.22. The summed E-state index contributed by atoms with van der Waals surface area (Å²) in [5.41, 5.74) is 0.637. The van der Waals surface area contributed by atoms with E-state index in [9.17, 15) is 31.2 Å². The second kappa shape index (κ2) is 9.60. The van der Waals surface area contributed by atoms with Crippen LogP contribution in [-0.4, -0.2) is 50.9 Å². The van der Waals surface area contributed by atoms with Gasteiger partial charge in [0.1, 0.15) is 6.54 Å². The molecule has 2 amide bonds. The molecule has 0 aromatic heterocycles. The Hall–Kier alpha value is -3.08. The lowest BCUT2D eigenvalue weighted by atomic mass is 9.95. The van der Waals surface area contributed by atoms with Crippen molar-refractivity contribution in [1.82, 2.24) is 10.2 Å². The molecule has 2 aromatic carbocycles. The van der Waals surface area contributed by atoms with Crippen LogP contribution in [0.1, 0.15) is 23.2 Å². The van der Waals surface area contributed by atoms with Crippen LogP contribution >= 0.6 is 0 Å². The molecule has 0 unspecified atom stereocenters. The minimum atomic E-state index is -4.46. The van der Waals surface area contributed by atoms with Crippen molar-refractivity contribution in [2.45, 2.75) is 23.9 Å². The van der Waals surface area contributed by atoms with E-state index in [1.165, 1.54) is 41.3 Å². The first-order valence-corrected chi connectivity index (χ1v) is 11.4. The molecule has 0 bridgehead atoms. The highest BCUT2D eigenvalue weighted by molar-refractivity contribution is 7.92. The van der Waals surface area contributed by atoms with Crippen LogP contribution in [0.15, 0.2) is 59.5 Å². The molecule has 0 aliphatic carbocycles. The number of sulfonamides is 1. The Morgan fingerprint density at radius 2 is 1.56 bits per heavy atom. The van der Waals surface area contributed by atoms with Gasteiger partial charge in [-0.3, -0.25) is 14.3 Å². The van der Waals surface area contributed by atoms with Gasteiger partial charge in [0.15, 0.2) is 0 Å². The third-order valence-electron chi connectivity index (χ3n) is 5.05. The van der Waals surface area contributed by atoms with E-state index in [4.69, 9.17) is 0 Å². The molecular weight excluding hydrogens is 447 g/mol. The zero-order valence-electron chi connectivity index (χ0n) is 16.9. The number of hydrogen-bond acceptors (Lipinski definition) is 4. The van der Waals surface area contributed by atoms with E-state index in [1.807, 2.05) is 5.32 Å². The molecule has 1 heterocycles. The maximum Gasteiger partial charge on any atom is 0.405 e. The molecule has 1 aliphatic heterocycles. The summed E-state index contributed by atoms with van der Waals surface area (Å²) in [7, 11) is -3.75. The van der Waals surface area contributed by atoms with Crippen LogP contribution in [0.2, 0.25) is 0 Å². The standard InChI is InChI=1S/C21H22F3N3O4S/c22-21(23,24)14-25-19(28)15-10-12-27(13-11-15)20(29)16-6-8-17(9-7-16)26-32(30,31)18-4-2-1-3-5-18/h1-9,15,26H,10-14H2,(H,25,28). The summed E-state index contributed by atoms with van der Waals surface area (Å²) >= 11 is 0. The molecule has 1 saturated heterocycles. The number of halogens is 3. The number of nitrogens with one attached hydrogen (secondary N) is 2. The van der Waals surface area contributed by atoms with Crippen LogP contribution in [0.4, 0.5) is 18.9 Å². The Morgan fingerprint density at radius 3 is 2.12 bits per heavy atom. The Kier molecular flexibility index (Phi) is 7.07. The van der Waals surface area contributed by atoms with Crippen molar-refractivity contribution in [1.29, 1.82) is 0 Å². The van der Waals surface area contributed by atoms with Gasteiger partial charge in [-0.2, -0.15) is 13.2 Å². The molecule has 1 fully saturated rings. The highest BCUT2D eigenvalue weighted by atomic mass is 32.2. The van der Waals surface area contributed by atoms with Crippen molar-refractivity contribution < 1.29 is 31.2 Å². The summed E-state index contributed by atoms with van der Waals surface area (Å²) in [5, 5.41) is 1.88. The average molecular weight is 469 g/mol. The number of alkyl halides is 3. The van der Waals surface area contributed by atoms with Gasteiger partial charge in [-0.1, -0.05) is 18.2 Å². The highest BCUT2D eigenvalue weighted by Gasteiger charge is 2.32. The number of likely N-dealkylation sites (tertiary alicyclic amines) is 1. The topological polar surface area (TPSA) is 95.6 Å². The quantitative estimate of drug-likeness (QED) is 0.680. The molecule has 11 heteroatoms. The predicted octanol–water partition coefficient (Wildman–Crippen LogP) is 3.02. The van der Waals surface area contributed by atoms with Gasteiger partial charge in [0.2, 0.25) is 5.91 Å². The summed E-state index contributed by atoms with van der Waals surface area (Å²) in [4.78, 5) is 26.2. The summed E-state index contributed by atoms with van der Waals surface area (Å²) in [5.74, 6) is -1.53. The van der Waals surface area contributed by atoms with Crippen LogP contribution < -0.4 is 10.0 Å². The second-order valence-corrected chi connectivity index (χ2v) is 9.08. The minimum Gasteiger partial charge on any atom is -0.347 e. The fourth-order valence-electron chi connectivity index (χ4n) is 3.35. The summed E-state index contributed by atoms with van der Waals surface area (Å²) in [6.07, 6.45) is -3.93. The van der Waals surface area contributed by atoms with Gasteiger partial charge < -0.3 is 10.2 Å². The maximum absolute atomic E-state index is 12.7. The van der Waals surface area contributed by atoms with Gasteiger partial charge in [0.25, 0.3) is 15.9 Å². The average Bonchev–Trinajstić information content (AvgIpc) is 2.77. The van der Waals surface area contributed by atoms with Crippen molar-refractivity contribution in [3.8, 4) is 0 Å². The van der Waals surface area contributed by atoms with Crippen LogP contribution in [0.5, 0.6) is 0 Å². The molecule has 2 aromatic rings. The zero-order valence-corrected chi connectivity index (χ0v) is 17.7. The molecule has 0 radical (unpaired) electrons. The number of nitrogens with zero attached hydrogens (tertiary/aromatic N) is 1. The van der Waals surface area contributed by atoms with Gasteiger partial charge in [0.05, 0.1) is 4.90 Å². The molecule has 172 valence electrons. The van der Waals surface area contributed by atoms with E-state index in [2.05, 4.69) is 4.72 Å². The second-order valence-electron chi connectivity index (χ2n) is 7.40. The number of amides is 2. The van der Waals surface area contributed by atoms with E-state index in [-0.39, 0.29) is 36.7 Å². The van der Waals surface area contributed by atoms with Crippen LogP contribution in [0.25, 0.3) is 0 Å². The third-order valence-corrected chi connectivity index (χ3v) is 6.45. The molecule has 1 aliphatic rings. The summed E-state index contributed by atoms with van der Waals surface area (Å²) in [6, 6.07) is 13.8. The number of benzene rings is 2. The minimum absolute atomic E-state index is 0.113. The van der Waals surface area contributed by atoms with Crippen molar-refractivity contribution in [3.63, 3.8) is 0 Å². The molecule has 0 atom stereocenters. The lowest BCUT2D eigenvalue weighted by Crippen LogP contribution is -2.44.